The molecule has 3 nitrogen and oxygen atoms in total. The van der Waals surface area contributed by atoms with Gasteiger partial charge in [-0.15, -0.1) is 0 Å². The highest BCUT2D eigenvalue weighted by atomic mass is 16.5. The third-order valence-electron chi connectivity index (χ3n) is 3.94. The molecule has 0 spiro atoms. The molecule has 0 bridgehead atoms. The molecule has 19 heavy (non-hydrogen) atoms. The topological polar surface area (TPSA) is 38.5 Å². The first-order chi connectivity index (χ1) is 9.03. The summed E-state index contributed by atoms with van der Waals surface area (Å²) in [7, 11) is 1.77. The van der Waals surface area contributed by atoms with Gasteiger partial charge in [-0.2, -0.15) is 0 Å². The smallest absolute Gasteiger partial charge is 0.0589 e. The van der Waals surface area contributed by atoms with E-state index in [-0.39, 0.29) is 5.41 Å². The van der Waals surface area contributed by atoms with Crippen molar-refractivity contribution in [1.82, 2.24) is 4.90 Å². The highest BCUT2D eigenvalue weighted by molar-refractivity contribution is 5.41. The zero-order valence-electron chi connectivity index (χ0n) is 12.4. The molecule has 1 aromatic carbocycles. The lowest BCUT2D eigenvalue weighted by atomic mass is 9.84. The van der Waals surface area contributed by atoms with Gasteiger partial charge in [-0.3, -0.25) is 4.90 Å². The summed E-state index contributed by atoms with van der Waals surface area (Å²) in [6.45, 7) is 7.53. The Morgan fingerprint density at radius 3 is 2.42 bits per heavy atom. The number of anilines is 1. The van der Waals surface area contributed by atoms with Gasteiger partial charge in [0.2, 0.25) is 0 Å². The Balaban J connectivity index is 2.03. The van der Waals surface area contributed by atoms with Crippen LogP contribution in [-0.2, 0) is 10.2 Å². The van der Waals surface area contributed by atoms with Gasteiger partial charge in [0, 0.05) is 37.3 Å². The average Bonchev–Trinajstić information content (AvgIpc) is 3.19. The lowest BCUT2D eigenvalue weighted by molar-refractivity contribution is 0.129. The van der Waals surface area contributed by atoms with E-state index in [1.807, 2.05) is 12.1 Å². The maximum atomic E-state index is 5.77. The first kappa shape index (κ1) is 14.4. The van der Waals surface area contributed by atoms with E-state index in [4.69, 9.17) is 10.5 Å². The quantitative estimate of drug-likeness (QED) is 0.768. The first-order valence-corrected chi connectivity index (χ1v) is 7.12. The van der Waals surface area contributed by atoms with Crippen molar-refractivity contribution >= 4 is 5.69 Å². The molecule has 0 aromatic heterocycles. The van der Waals surface area contributed by atoms with Crippen LogP contribution >= 0.6 is 0 Å². The van der Waals surface area contributed by atoms with Crippen LogP contribution in [-0.4, -0.2) is 37.7 Å². The number of hydrogen-bond acceptors (Lipinski definition) is 3. The van der Waals surface area contributed by atoms with Gasteiger partial charge in [0.05, 0.1) is 6.61 Å². The third-order valence-corrected chi connectivity index (χ3v) is 3.94. The van der Waals surface area contributed by atoms with E-state index in [1.165, 1.54) is 18.4 Å². The summed E-state index contributed by atoms with van der Waals surface area (Å²) in [5, 5.41) is 0. The van der Waals surface area contributed by atoms with Crippen LogP contribution < -0.4 is 5.73 Å². The Morgan fingerprint density at radius 1 is 1.26 bits per heavy atom. The summed E-state index contributed by atoms with van der Waals surface area (Å²) in [5.74, 6) is 0. The molecule has 0 amide bonds. The highest BCUT2D eigenvalue weighted by Crippen LogP contribution is 2.32. The summed E-state index contributed by atoms with van der Waals surface area (Å²) in [4.78, 5) is 2.57. The molecule has 2 N–H and O–H groups in total. The van der Waals surface area contributed by atoms with Crippen LogP contribution in [0.3, 0.4) is 0 Å². The average molecular weight is 262 g/mol. The second kappa shape index (κ2) is 5.93. The monoisotopic (exact) mass is 262 g/mol. The molecule has 1 aromatic rings. The van der Waals surface area contributed by atoms with Gasteiger partial charge < -0.3 is 10.5 Å². The minimum Gasteiger partial charge on any atom is -0.399 e. The molecule has 0 unspecified atom stereocenters. The fourth-order valence-electron chi connectivity index (χ4n) is 2.57. The molecule has 1 aliphatic carbocycles. The Bertz CT molecular complexity index is 396. The molecule has 1 aliphatic rings. The molecule has 3 heteroatoms. The van der Waals surface area contributed by atoms with Crippen LogP contribution in [0.2, 0.25) is 0 Å². The minimum atomic E-state index is 0.143. The number of nitrogens with zero attached hydrogens (tertiary/aromatic N) is 1. The normalized spacial score (nSPS) is 16.0. The number of hydrogen-bond donors (Lipinski definition) is 1. The van der Waals surface area contributed by atoms with E-state index in [0.29, 0.717) is 0 Å². The van der Waals surface area contributed by atoms with E-state index in [0.717, 1.165) is 31.4 Å². The van der Waals surface area contributed by atoms with Crippen LogP contribution in [0.15, 0.2) is 24.3 Å². The van der Waals surface area contributed by atoms with Crippen LogP contribution in [0.5, 0.6) is 0 Å². The molecule has 1 fully saturated rings. The third kappa shape index (κ3) is 3.95. The summed E-state index contributed by atoms with van der Waals surface area (Å²) in [6, 6.07) is 9.05. The molecule has 1 saturated carbocycles. The van der Waals surface area contributed by atoms with Crippen molar-refractivity contribution in [3.63, 3.8) is 0 Å². The highest BCUT2D eigenvalue weighted by Gasteiger charge is 2.33. The second-order valence-corrected chi connectivity index (χ2v) is 6.20. The van der Waals surface area contributed by atoms with Crippen LogP contribution in [0.25, 0.3) is 0 Å². The number of nitrogen functional groups attached to an aromatic ring is 1. The first-order valence-electron chi connectivity index (χ1n) is 7.12. The zero-order valence-corrected chi connectivity index (χ0v) is 12.4. The van der Waals surface area contributed by atoms with Crippen molar-refractivity contribution in [1.29, 1.82) is 0 Å². The molecule has 2 rings (SSSR count). The van der Waals surface area contributed by atoms with E-state index in [2.05, 4.69) is 30.9 Å². The van der Waals surface area contributed by atoms with Crippen LogP contribution in [0, 0.1) is 0 Å². The number of ether oxygens (including phenoxy) is 1. The molecular weight excluding hydrogens is 236 g/mol. The van der Waals surface area contributed by atoms with Crippen molar-refractivity contribution in [2.24, 2.45) is 0 Å². The summed E-state index contributed by atoms with van der Waals surface area (Å²) in [6.07, 6.45) is 2.67. The lowest BCUT2D eigenvalue weighted by Crippen LogP contribution is -2.40. The summed E-state index contributed by atoms with van der Waals surface area (Å²) >= 11 is 0. The van der Waals surface area contributed by atoms with E-state index >= 15 is 0 Å². The predicted molar refractivity (Wildman–Crippen MR) is 80.4 cm³/mol. The molecule has 0 radical (unpaired) electrons. The minimum absolute atomic E-state index is 0.143. The SMILES string of the molecule is COCCN(CC(C)(C)c1ccc(N)cc1)C1CC1. The van der Waals surface area contributed by atoms with Gasteiger partial charge >= 0.3 is 0 Å². The molecule has 0 heterocycles. The maximum absolute atomic E-state index is 5.77. The van der Waals surface area contributed by atoms with Crippen molar-refractivity contribution in [2.45, 2.75) is 38.1 Å². The summed E-state index contributed by atoms with van der Waals surface area (Å²) < 4.78 is 5.23. The number of rotatable bonds is 7. The van der Waals surface area contributed by atoms with Crippen molar-refractivity contribution < 1.29 is 4.74 Å². The molecular formula is C16H26N2O. The lowest BCUT2D eigenvalue weighted by Gasteiger charge is -2.33. The van der Waals surface area contributed by atoms with Crippen molar-refractivity contribution in [3.8, 4) is 0 Å². The Morgan fingerprint density at radius 2 is 1.89 bits per heavy atom. The molecule has 106 valence electrons. The van der Waals surface area contributed by atoms with Crippen molar-refractivity contribution in [2.75, 3.05) is 32.5 Å². The Hall–Kier alpha value is -1.06. The number of benzene rings is 1. The van der Waals surface area contributed by atoms with Gasteiger partial charge in [0.15, 0.2) is 0 Å². The predicted octanol–water partition coefficient (Wildman–Crippen LogP) is 2.66. The van der Waals surface area contributed by atoms with Crippen LogP contribution in [0.4, 0.5) is 5.69 Å². The van der Waals surface area contributed by atoms with Gasteiger partial charge in [0.25, 0.3) is 0 Å². The largest absolute Gasteiger partial charge is 0.399 e. The zero-order chi connectivity index (χ0) is 13.9. The van der Waals surface area contributed by atoms with Gasteiger partial charge in [-0.1, -0.05) is 26.0 Å². The molecule has 0 atom stereocenters. The molecule has 0 saturated heterocycles. The summed E-state index contributed by atoms with van der Waals surface area (Å²) in [5.41, 5.74) is 8.09. The maximum Gasteiger partial charge on any atom is 0.0589 e. The second-order valence-electron chi connectivity index (χ2n) is 6.20. The van der Waals surface area contributed by atoms with E-state index in [1.54, 1.807) is 7.11 Å². The van der Waals surface area contributed by atoms with Gasteiger partial charge in [-0.05, 0) is 30.5 Å². The fraction of sp³-hybridized carbons (Fsp3) is 0.625. The Labute approximate surface area is 116 Å². The van der Waals surface area contributed by atoms with Gasteiger partial charge in [-0.25, -0.2) is 0 Å². The number of nitrogens with two attached hydrogens (primary N) is 1. The van der Waals surface area contributed by atoms with Crippen LogP contribution in [0.1, 0.15) is 32.3 Å². The Kier molecular flexibility index (Phi) is 4.48. The molecule has 0 aliphatic heterocycles. The van der Waals surface area contributed by atoms with E-state index < -0.39 is 0 Å². The fourth-order valence-corrected chi connectivity index (χ4v) is 2.57. The van der Waals surface area contributed by atoms with Gasteiger partial charge in [0.1, 0.15) is 0 Å². The van der Waals surface area contributed by atoms with E-state index in [9.17, 15) is 0 Å². The standard InChI is InChI=1S/C16H26N2O/c1-16(2,13-4-6-14(17)7-5-13)12-18(10-11-19-3)15-8-9-15/h4-7,15H,8-12,17H2,1-3H3. The van der Waals surface area contributed by atoms with Crippen molar-refractivity contribution in [3.05, 3.63) is 29.8 Å². The number of methoxy groups -OCH3 is 1.